The Morgan fingerprint density at radius 2 is 1.71 bits per heavy atom. The number of imide groups is 1. The molecule has 0 saturated heterocycles. The molecular weight excluding hydrogens is 352 g/mol. The number of amides is 2. The van der Waals surface area contributed by atoms with Gasteiger partial charge in [0.1, 0.15) is 11.6 Å². The van der Waals surface area contributed by atoms with Crippen molar-refractivity contribution >= 4 is 39.6 Å². The van der Waals surface area contributed by atoms with Gasteiger partial charge >= 0.3 is 0 Å². The maximum atomic E-state index is 12.8. The van der Waals surface area contributed by atoms with Gasteiger partial charge < -0.3 is 11.1 Å². The third-order valence-corrected chi connectivity index (χ3v) is 4.18. The number of nitrogens with two attached hydrogens (primary N) is 1. The van der Waals surface area contributed by atoms with Gasteiger partial charge in [-0.2, -0.15) is 5.26 Å². The van der Waals surface area contributed by atoms with Crippen LogP contribution in [0.15, 0.2) is 78.5 Å². The van der Waals surface area contributed by atoms with Gasteiger partial charge in [0.2, 0.25) is 5.91 Å². The highest BCUT2D eigenvalue weighted by molar-refractivity contribution is 6.21. The summed E-state index contributed by atoms with van der Waals surface area (Å²) in [6.45, 7) is 1.27. The second-order valence-corrected chi connectivity index (χ2v) is 6.09. The molecule has 3 aromatic rings. The zero-order valence-corrected chi connectivity index (χ0v) is 15.2. The molecule has 0 aromatic heterocycles. The summed E-state index contributed by atoms with van der Waals surface area (Å²) in [5.41, 5.74) is 7.07. The van der Waals surface area contributed by atoms with E-state index < -0.39 is 11.8 Å². The quantitative estimate of drug-likeness (QED) is 0.413. The standard InChI is InChI=1S/C22H18N4O2/c1-15(27)26(19-11-9-18(24)10-12-19)22(28)17(13-23)14-25-21-8-4-6-16-5-2-3-7-20(16)21/h2-12,14,25H,24H2,1H3/b17-14-. The van der Waals surface area contributed by atoms with E-state index in [9.17, 15) is 14.9 Å². The Morgan fingerprint density at radius 3 is 2.39 bits per heavy atom. The Morgan fingerprint density at radius 1 is 1.04 bits per heavy atom. The Balaban J connectivity index is 1.92. The minimum absolute atomic E-state index is 0.194. The van der Waals surface area contributed by atoms with Crippen molar-refractivity contribution in [1.29, 1.82) is 5.26 Å². The molecule has 3 aromatic carbocycles. The van der Waals surface area contributed by atoms with Crippen LogP contribution in [0.3, 0.4) is 0 Å². The molecule has 6 nitrogen and oxygen atoms in total. The number of nitrogen functional groups attached to an aromatic ring is 1. The van der Waals surface area contributed by atoms with E-state index in [1.54, 1.807) is 24.3 Å². The van der Waals surface area contributed by atoms with Gasteiger partial charge in [0, 0.05) is 29.9 Å². The van der Waals surface area contributed by atoms with Gasteiger partial charge in [0.15, 0.2) is 0 Å². The van der Waals surface area contributed by atoms with E-state index in [2.05, 4.69) is 5.32 Å². The van der Waals surface area contributed by atoms with E-state index in [-0.39, 0.29) is 5.57 Å². The molecule has 0 atom stereocenters. The molecule has 0 aliphatic carbocycles. The molecule has 138 valence electrons. The molecule has 0 radical (unpaired) electrons. The van der Waals surface area contributed by atoms with Crippen LogP contribution in [-0.2, 0) is 9.59 Å². The first-order chi connectivity index (χ1) is 13.5. The monoisotopic (exact) mass is 370 g/mol. The van der Waals surface area contributed by atoms with Crippen molar-refractivity contribution < 1.29 is 9.59 Å². The Bertz CT molecular complexity index is 1110. The predicted octanol–water partition coefficient (Wildman–Crippen LogP) is 3.82. The normalized spacial score (nSPS) is 10.9. The van der Waals surface area contributed by atoms with E-state index in [0.717, 1.165) is 21.4 Å². The third-order valence-electron chi connectivity index (χ3n) is 4.18. The fraction of sp³-hybridized carbons (Fsp3) is 0.0455. The highest BCUT2D eigenvalue weighted by Gasteiger charge is 2.24. The lowest BCUT2D eigenvalue weighted by Crippen LogP contribution is -2.36. The molecule has 6 heteroatoms. The molecule has 28 heavy (non-hydrogen) atoms. The van der Waals surface area contributed by atoms with E-state index >= 15 is 0 Å². The number of nitrogens with one attached hydrogen (secondary N) is 1. The second kappa shape index (κ2) is 8.06. The summed E-state index contributed by atoms with van der Waals surface area (Å²) < 4.78 is 0. The number of nitrogens with zero attached hydrogens (tertiary/aromatic N) is 2. The number of carbonyl (C=O) groups excluding carboxylic acids is 2. The molecule has 0 heterocycles. The predicted molar refractivity (Wildman–Crippen MR) is 110 cm³/mol. The van der Waals surface area contributed by atoms with Crippen LogP contribution in [0, 0.1) is 11.3 Å². The number of hydrogen-bond donors (Lipinski definition) is 2. The van der Waals surface area contributed by atoms with Crippen LogP contribution in [0.2, 0.25) is 0 Å². The lowest BCUT2D eigenvalue weighted by atomic mass is 10.1. The van der Waals surface area contributed by atoms with Crippen molar-refractivity contribution in [3.8, 4) is 6.07 Å². The summed E-state index contributed by atoms with van der Waals surface area (Å²) in [6.07, 6.45) is 1.32. The SMILES string of the molecule is CC(=O)N(C(=O)/C(C#N)=C\Nc1cccc2ccccc12)c1ccc(N)cc1. The van der Waals surface area contributed by atoms with E-state index in [1.165, 1.54) is 13.1 Å². The van der Waals surface area contributed by atoms with E-state index in [1.807, 2.05) is 48.5 Å². The first-order valence-electron chi connectivity index (χ1n) is 8.56. The molecule has 0 aliphatic rings. The maximum absolute atomic E-state index is 12.8. The topological polar surface area (TPSA) is 99.2 Å². The minimum atomic E-state index is -0.715. The summed E-state index contributed by atoms with van der Waals surface area (Å²) >= 11 is 0. The average Bonchev–Trinajstić information content (AvgIpc) is 2.70. The van der Waals surface area contributed by atoms with Gasteiger partial charge in [-0.25, -0.2) is 4.90 Å². The number of benzene rings is 3. The van der Waals surface area contributed by atoms with Gasteiger partial charge in [-0.05, 0) is 35.7 Å². The zero-order chi connectivity index (χ0) is 20.1. The van der Waals surface area contributed by atoms with Gasteiger partial charge in [-0.15, -0.1) is 0 Å². The third kappa shape index (κ3) is 3.84. The van der Waals surface area contributed by atoms with Crippen LogP contribution in [0.25, 0.3) is 10.8 Å². The smallest absolute Gasteiger partial charge is 0.277 e. The summed E-state index contributed by atoms with van der Waals surface area (Å²) in [5, 5.41) is 14.5. The molecule has 0 aliphatic heterocycles. The Labute approximate surface area is 162 Å². The van der Waals surface area contributed by atoms with Gasteiger partial charge in [-0.1, -0.05) is 36.4 Å². The summed E-state index contributed by atoms with van der Waals surface area (Å²) in [7, 11) is 0. The second-order valence-electron chi connectivity index (χ2n) is 6.09. The van der Waals surface area contributed by atoms with Crippen LogP contribution in [0.5, 0.6) is 0 Å². The molecule has 0 saturated carbocycles. The molecule has 3 rings (SSSR count). The Hall–Kier alpha value is -4.11. The van der Waals surface area contributed by atoms with Crippen molar-refractivity contribution in [2.75, 3.05) is 16.0 Å². The van der Waals surface area contributed by atoms with Gasteiger partial charge in [0.05, 0.1) is 5.69 Å². The fourth-order valence-electron chi connectivity index (χ4n) is 2.83. The molecular formula is C22H18N4O2. The number of carbonyl (C=O) groups is 2. The number of anilines is 3. The molecule has 2 amide bonds. The summed E-state index contributed by atoms with van der Waals surface area (Å²) in [6, 6.07) is 21.6. The van der Waals surface area contributed by atoms with E-state index in [4.69, 9.17) is 5.73 Å². The van der Waals surface area contributed by atoms with Crippen LogP contribution in [0.1, 0.15) is 6.92 Å². The highest BCUT2D eigenvalue weighted by atomic mass is 16.2. The molecule has 0 fully saturated rings. The lowest BCUT2D eigenvalue weighted by Gasteiger charge is -2.19. The van der Waals surface area contributed by atoms with Crippen molar-refractivity contribution in [2.24, 2.45) is 0 Å². The molecule has 0 bridgehead atoms. The number of hydrogen-bond acceptors (Lipinski definition) is 5. The number of fused-ring (bicyclic) bond motifs is 1. The van der Waals surface area contributed by atoms with E-state index in [0.29, 0.717) is 11.4 Å². The minimum Gasteiger partial charge on any atom is -0.399 e. The first-order valence-corrected chi connectivity index (χ1v) is 8.56. The van der Waals surface area contributed by atoms with Crippen LogP contribution >= 0.6 is 0 Å². The average molecular weight is 370 g/mol. The highest BCUT2D eigenvalue weighted by Crippen LogP contribution is 2.24. The van der Waals surface area contributed by atoms with Crippen molar-refractivity contribution in [3.63, 3.8) is 0 Å². The first kappa shape index (κ1) is 18.7. The molecule has 3 N–H and O–H groups in total. The van der Waals surface area contributed by atoms with Crippen molar-refractivity contribution in [2.45, 2.75) is 6.92 Å². The maximum Gasteiger partial charge on any atom is 0.277 e. The van der Waals surface area contributed by atoms with Crippen LogP contribution in [-0.4, -0.2) is 11.8 Å². The summed E-state index contributed by atoms with van der Waals surface area (Å²) in [4.78, 5) is 25.8. The number of nitriles is 1. The van der Waals surface area contributed by atoms with Gasteiger partial charge in [-0.3, -0.25) is 9.59 Å². The fourth-order valence-corrected chi connectivity index (χ4v) is 2.83. The van der Waals surface area contributed by atoms with Crippen molar-refractivity contribution in [3.05, 3.63) is 78.5 Å². The molecule has 0 unspecified atom stereocenters. The van der Waals surface area contributed by atoms with Crippen LogP contribution < -0.4 is 16.0 Å². The lowest BCUT2D eigenvalue weighted by molar-refractivity contribution is -0.123. The zero-order valence-electron chi connectivity index (χ0n) is 15.2. The summed E-state index contributed by atoms with van der Waals surface area (Å²) in [5.74, 6) is -1.21. The molecule has 0 spiro atoms. The number of rotatable bonds is 4. The van der Waals surface area contributed by atoms with Gasteiger partial charge in [0.25, 0.3) is 5.91 Å². The largest absolute Gasteiger partial charge is 0.399 e. The van der Waals surface area contributed by atoms with Crippen LogP contribution in [0.4, 0.5) is 17.1 Å². The van der Waals surface area contributed by atoms with Crippen molar-refractivity contribution in [1.82, 2.24) is 0 Å². The Kier molecular flexibility index (Phi) is 5.38.